The number of para-hydroxylation sites is 1. The largest absolute Gasteiger partial charge is 0.496 e. The van der Waals surface area contributed by atoms with Gasteiger partial charge in [0.15, 0.2) is 5.96 Å². The van der Waals surface area contributed by atoms with Crippen LogP contribution in [-0.2, 0) is 4.74 Å². The van der Waals surface area contributed by atoms with Gasteiger partial charge in [0.1, 0.15) is 5.75 Å². The van der Waals surface area contributed by atoms with Crippen LogP contribution >= 0.6 is 24.0 Å². The van der Waals surface area contributed by atoms with Crippen LogP contribution in [0.1, 0.15) is 37.3 Å². The van der Waals surface area contributed by atoms with Crippen molar-refractivity contribution in [1.29, 1.82) is 0 Å². The number of rotatable bonds is 9. The summed E-state index contributed by atoms with van der Waals surface area (Å²) in [5.74, 6) is 1.46. The number of piperidine rings is 1. The molecule has 2 fully saturated rings. The Morgan fingerprint density at radius 1 is 1.17 bits per heavy atom. The van der Waals surface area contributed by atoms with E-state index in [0.717, 1.165) is 64.7 Å². The first-order chi connectivity index (χ1) is 14.3. The second kappa shape index (κ2) is 14.1. The van der Waals surface area contributed by atoms with Crippen LogP contribution in [0.5, 0.6) is 5.75 Å². The highest BCUT2D eigenvalue weighted by Gasteiger charge is 2.24. The van der Waals surface area contributed by atoms with Gasteiger partial charge in [-0.2, -0.15) is 0 Å². The number of likely N-dealkylation sites (tertiary alicyclic amines) is 1. The summed E-state index contributed by atoms with van der Waals surface area (Å²) >= 11 is 0. The average molecular weight is 531 g/mol. The average Bonchev–Trinajstić information content (AvgIpc) is 2.78. The molecule has 1 aromatic carbocycles. The van der Waals surface area contributed by atoms with E-state index in [1.165, 1.54) is 24.8 Å². The van der Waals surface area contributed by atoms with Crippen molar-refractivity contribution in [3.8, 4) is 5.75 Å². The lowest BCUT2D eigenvalue weighted by Crippen LogP contribution is -2.39. The SMILES string of the molecule is COc1ccccc1C(CN=C(N)NCCCN1CCOCC1)N1CCCCC1.I. The van der Waals surface area contributed by atoms with E-state index < -0.39 is 0 Å². The number of nitrogens with two attached hydrogens (primary N) is 1. The quantitative estimate of drug-likeness (QED) is 0.221. The monoisotopic (exact) mass is 531 g/mol. The Hall–Kier alpha value is -1.10. The molecule has 0 spiro atoms. The molecule has 2 aliphatic rings. The third-order valence-corrected chi connectivity index (χ3v) is 5.82. The number of benzene rings is 1. The molecule has 8 heteroatoms. The van der Waals surface area contributed by atoms with Gasteiger partial charge in [0, 0.05) is 25.2 Å². The maximum atomic E-state index is 6.17. The van der Waals surface area contributed by atoms with Crippen LogP contribution in [0.4, 0.5) is 0 Å². The molecule has 1 aromatic rings. The number of nitrogens with one attached hydrogen (secondary N) is 1. The lowest BCUT2D eigenvalue weighted by molar-refractivity contribution is 0.0376. The van der Waals surface area contributed by atoms with Crippen LogP contribution in [-0.4, -0.2) is 81.9 Å². The van der Waals surface area contributed by atoms with E-state index in [0.29, 0.717) is 12.5 Å². The van der Waals surface area contributed by atoms with Gasteiger partial charge < -0.3 is 20.5 Å². The van der Waals surface area contributed by atoms with E-state index in [1.807, 2.05) is 12.1 Å². The first kappa shape index (κ1) is 25.2. The first-order valence-corrected chi connectivity index (χ1v) is 11.0. The molecule has 170 valence electrons. The number of methoxy groups -OCH3 is 1. The van der Waals surface area contributed by atoms with Crippen molar-refractivity contribution in [2.75, 3.05) is 66.1 Å². The number of nitrogens with zero attached hydrogens (tertiary/aromatic N) is 3. The maximum absolute atomic E-state index is 6.17. The molecule has 0 saturated carbocycles. The molecular weight excluding hydrogens is 493 g/mol. The Labute approximate surface area is 198 Å². The van der Waals surface area contributed by atoms with Crippen molar-refractivity contribution in [2.45, 2.75) is 31.7 Å². The Kier molecular flexibility index (Phi) is 11.8. The predicted molar refractivity (Wildman–Crippen MR) is 133 cm³/mol. The van der Waals surface area contributed by atoms with Gasteiger partial charge in [0.2, 0.25) is 0 Å². The number of ether oxygens (including phenoxy) is 2. The zero-order valence-electron chi connectivity index (χ0n) is 18.2. The summed E-state index contributed by atoms with van der Waals surface area (Å²) in [4.78, 5) is 9.65. The number of morpholine rings is 1. The van der Waals surface area contributed by atoms with Crippen molar-refractivity contribution in [3.05, 3.63) is 29.8 Å². The fourth-order valence-electron chi connectivity index (χ4n) is 4.17. The van der Waals surface area contributed by atoms with Crippen molar-refractivity contribution in [1.82, 2.24) is 15.1 Å². The highest BCUT2D eigenvalue weighted by Crippen LogP contribution is 2.31. The van der Waals surface area contributed by atoms with Gasteiger partial charge in [-0.25, -0.2) is 0 Å². The van der Waals surface area contributed by atoms with E-state index in [1.54, 1.807) is 7.11 Å². The van der Waals surface area contributed by atoms with Gasteiger partial charge in [-0.05, 0) is 45.0 Å². The van der Waals surface area contributed by atoms with Gasteiger partial charge >= 0.3 is 0 Å². The molecular formula is C22H38IN5O2. The maximum Gasteiger partial charge on any atom is 0.188 e. The van der Waals surface area contributed by atoms with Gasteiger partial charge in [0.25, 0.3) is 0 Å². The Bertz CT molecular complexity index is 634. The van der Waals surface area contributed by atoms with Gasteiger partial charge in [-0.3, -0.25) is 14.8 Å². The minimum Gasteiger partial charge on any atom is -0.496 e. The lowest BCUT2D eigenvalue weighted by Gasteiger charge is -2.34. The molecule has 0 bridgehead atoms. The summed E-state index contributed by atoms with van der Waals surface area (Å²) in [6.45, 7) is 8.51. The van der Waals surface area contributed by atoms with Gasteiger partial charge in [0.05, 0.1) is 32.9 Å². The fourth-order valence-corrected chi connectivity index (χ4v) is 4.17. The Balaban J connectivity index is 0.00000320. The van der Waals surface area contributed by atoms with Gasteiger partial charge in [-0.1, -0.05) is 24.6 Å². The highest BCUT2D eigenvalue weighted by molar-refractivity contribution is 14.0. The van der Waals surface area contributed by atoms with Crippen molar-refractivity contribution in [3.63, 3.8) is 0 Å². The van der Waals surface area contributed by atoms with Crippen LogP contribution in [0.2, 0.25) is 0 Å². The third-order valence-electron chi connectivity index (χ3n) is 5.82. The van der Waals surface area contributed by atoms with Crippen molar-refractivity contribution in [2.24, 2.45) is 10.7 Å². The Morgan fingerprint density at radius 3 is 2.63 bits per heavy atom. The minimum atomic E-state index is 0. The van der Waals surface area contributed by atoms with E-state index in [2.05, 4.69) is 32.2 Å². The van der Waals surface area contributed by atoms with Gasteiger partial charge in [-0.15, -0.1) is 24.0 Å². The summed E-state index contributed by atoms with van der Waals surface area (Å²) in [6.07, 6.45) is 4.85. The molecule has 1 unspecified atom stereocenters. The normalized spacial score (nSPS) is 19.7. The number of guanidine groups is 1. The smallest absolute Gasteiger partial charge is 0.188 e. The van der Waals surface area contributed by atoms with Crippen LogP contribution in [0.25, 0.3) is 0 Å². The standard InChI is InChI=1S/C22H37N5O2.HI/c1-28-21-9-4-3-8-19(21)20(27-12-5-2-6-13-27)18-25-22(23)24-10-7-11-26-14-16-29-17-15-26;/h3-4,8-9,20H,2,5-7,10-18H2,1H3,(H3,23,24,25);1H. The number of aliphatic imine (C=N–C) groups is 1. The van der Waals surface area contributed by atoms with E-state index in [9.17, 15) is 0 Å². The molecule has 7 nitrogen and oxygen atoms in total. The van der Waals surface area contributed by atoms with Crippen molar-refractivity contribution < 1.29 is 9.47 Å². The fraction of sp³-hybridized carbons (Fsp3) is 0.682. The topological polar surface area (TPSA) is 75.3 Å². The van der Waals surface area contributed by atoms with E-state index >= 15 is 0 Å². The van der Waals surface area contributed by atoms with Crippen LogP contribution in [0.15, 0.2) is 29.3 Å². The summed E-state index contributed by atoms with van der Waals surface area (Å²) in [6, 6.07) is 8.47. The molecule has 0 radical (unpaired) electrons. The van der Waals surface area contributed by atoms with Crippen LogP contribution < -0.4 is 15.8 Å². The summed E-state index contributed by atoms with van der Waals surface area (Å²) < 4.78 is 11.0. The van der Waals surface area contributed by atoms with Crippen molar-refractivity contribution >= 4 is 29.9 Å². The second-order valence-corrected chi connectivity index (χ2v) is 7.81. The molecule has 3 rings (SSSR count). The molecule has 0 aromatic heterocycles. The third kappa shape index (κ3) is 7.86. The zero-order valence-corrected chi connectivity index (χ0v) is 20.6. The molecule has 0 amide bonds. The Morgan fingerprint density at radius 2 is 1.90 bits per heavy atom. The predicted octanol–water partition coefficient (Wildman–Crippen LogP) is 2.47. The summed E-state index contributed by atoms with van der Waals surface area (Å²) in [7, 11) is 1.74. The lowest BCUT2D eigenvalue weighted by atomic mass is 10.0. The number of halogens is 1. The molecule has 0 aliphatic carbocycles. The molecule has 1 atom stereocenters. The van der Waals surface area contributed by atoms with E-state index in [-0.39, 0.29) is 30.0 Å². The number of hydrogen-bond acceptors (Lipinski definition) is 5. The minimum absolute atomic E-state index is 0. The molecule has 2 aliphatic heterocycles. The molecule has 30 heavy (non-hydrogen) atoms. The van der Waals surface area contributed by atoms with E-state index in [4.69, 9.17) is 15.2 Å². The molecule has 2 heterocycles. The highest BCUT2D eigenvalue weighted by atomic mass is 127. The second-order valence-electron chi connectivity index (χ2n) is 7.81. The zero-order chi connectivity index (χ0) is 20.3. The molecule has 3 N–H and O–H groups in total. The first-order valence-electron chi connectivity index (χ1n) is 11.0. The van der Waals surface area contributed by atoms with Crippen LogP contribution in [0, 0.1) is 0 Å². The molecule has 2 saturated heterocycles. The number of hydrogen-bond donors (Lipinski definition) is 2. The van der Waals surface area contributed by atoms with Crippen LogP contribution in [0.3, 0.4) is 0 Å². The summed E-state index contributed by atoms with van der Waals surface area (Å²) in [5.41, 5.74) is 7.37. The summed E-state index contributed by atoms with van der Waals surface area (Å²) in [5, 5.41) is 3.28.